The van der Waals surface area contributed by atoms with Crippen LogP contribution < -0.4 is 4.90 Å². The van der Waals surface area contributed by atoms with E-state index in [1.165, 1.54) is 44.2 Å². The Morgan fingerprint density at radius 3 is 1.62 bits per heavy atom. The van der Waals surface area contributed by atoms with Crippen molar-refractivity contribution in [2.75, 3.05) is 4.90 Å². The van der Waals surface area contributed by atoms with Crippen LogP contribution in [0.4, 0.5) is 17.1 Å². The minimum absolute atomic E-state index is 0.882. The second-order valence-electron chi connectivity index (χ2n) is 12.2. The Morgan fingerprint density at radius 2 is 0.875 bits per heavy atom. The molecule has 0 unspecified atom stereocenters. The predicted molar refractivity (Wildman–Crippen MR) is 202 cm³/mol. The van der Waals surface area contributed by atoms with Gasteiger partial charge >= 0.3 is 0 Å². The van der Waals surface area contributed by atoms with E-state index in [1.807, 2.05) is 12.1 Å². The number of anilines is 3. The fourth-order valence-electron chi connectivity index (χ4n) is 6.88. The largest absolute Gasteiger partial charge is 0.456 e. The van der Waals surface area contributed by atoms with E-state index in [-0.39, 0.29) is 0 Å². The minimum Gasteiger partial charge on any atom is -0.456 e. The molecule has 0 aliphatic rings. The van der Waals surface area contributed by atoms with E-state index in [2.05, 4.69) is 181 Å². The lowest BCUT2D eigenvalue weighted by Gasteiger charge is -2.26. The monoisotopic (exact) mass is 613 g/mol. The van der Waals surface area contributed by atoms with Crippen molar-refractivity contribution in [1.29, 1.82) is 0 Å². The van der Waals surface area contributed by atoms with Gasteiger partial charge in [-0.15, -0.1) is 0 Å². The summed E-state index contributed by atoms with van der Waals surface area (Å²) in [5.41, 5.74) is 12.2. The Labute approximate surface area is 279 Å². The maximum Gasteiger partial charge on any atom is 0.137 e. The van der Waals surface area contributed by atoms with Gasteiger partial charge in [0, 0.05) is 16.8 Å². The number of furan rings is 1. The first-order valence-corrected chi connectivity index (χ1v) is 16.3. The van der Waals surface area contributed by atoms with Gasteiger partial charge in [-0.3, -0.25) is 0 Å². The number of hydrogen-bond acceptors (Lipinski definition) is 2. The summed E-state index contributed by atoms with van der Waals surface area (Å²) >= 11 is 0. The fourth-order valence-corrected chi connectivity index (χ4v) is 6.88. The molecule has 0 atom stereocenters. The lowest BCUT2D eigenvalue weighted by Crippen LogP contribution is -2.10. The molecule has 2 heteroatoms. The highest BCUT2D eigenvalue weighted by Crippen LogP contribution is 2.43. The molecule has 0 radical (unpaired) electrons. The first-order chi connectivity index (χ1) is 23.8. The van der Waals surface area contributed by atoms with Gasteiger partial charge in [-0.1, -0.05) is 127 Å². The van der Waals surface area contributed by atoms with Gasteiger partial charge in [-0.2, -0.15) is 0 Å². The third-order valence-corrected chi connectivity index (χ3v) is 9.24. The molecular weight excluding hydrogens is 583 g/mol. The highest BCUT2D eigenvalue weighted by Gasteiger charge is 2.19. The summed E-state index contributed by atoms with van der Waals surface area (Å²) < 4.78 is 6.26. The second kappa shape index (κ2) is 11.8. The third kappa shape index (κ3) is 5.01. The average molecular weight is 614 g/mol. The second-order valence-corrected chi connectivity index (χ2v) is 12.2. The highest BCUT2D eigenvalue weighted by molar-refractivity contribution is 6.13. The third-order valence-electron chi connectivity index (χ3n) is 9.24. The highest BCUT2D eigenvalue weighted by atomic mass is 16.3. The topological polar surface area (TPSA) is 16.4 Å². The first-order valence-electron chi connectivity index (χ1n) is 16.3. The van der Waals surface area contributed by atoms with Crippen LogP contribution in [0.2, 0.25) is 0 Å². The summed E-state index contributed by atoms with van der Waals surface area (Å²) in [5, 5.41) is 4.74. The Kier molecular flexibility index (Phi) is 6.84. The molecule has 0 saturated heterocycles. The van der Waals surface area contributed by atoms with E-state index >= 15 is 0 Å². The molecule has 8 aromatic carbocycles. The van der Waals surface area contributed by atoms with Crippen molar-refractivity contribution in [2.45, 2.75) is 0 Å². The molecule has 0 aliphatic heterocycles. The molecule has 0 fully saturated rings. The van der Waals surface area contributed by atoms with Crippen molar-refractivity contribution in [2.24, 2.45) is 0 Å². The molecular formula is C46H31NO. The Balaban J connectivity index is 1.08. The van der Waals surface area contributed by atoms with Crippen LogP contribution in [-0.4, -0.2) is 0 Å². The maximum absolute atomic E-state index is 6.26. The van der Waals surface area contributed by atoms with Crippen molar-refractivity contribution in [3.63, 3.8) is 0 Å². The summed E-state index contributed by atoms with van der Waals surface area (Å²) in [6, 6.07) is 66.9. The predicted octanol–water partition coefficient (Wildman–Crippen LogP) is 13.2. The zero-order valence-electron chi connectivity index (χ0n) is 26.3. The van der Waals surface area contributed by atoms with Crippen LogP contribution >= 0.6 is 0 Å². The number of benzene rings is 8. The molecule has 2 nitrogen and oxygen atoms in total. The van der Waals surface area contributed by atoms with E-state index in [0.29, 0.717) is 0 Å². The van der Waals surface area contributed by atoms with Crippen LogP contribution in [0, 0.1) is 0 Å². The minimum atomic E-state index is 0.882. The number of hydrogen-bond donors (Lipinski definition) is 0. The smallest absolute Gasteiger partial charge is 0.137 e. The molecule has 0 N–H and O–H groups in total. The summed E-state index contributed by atoms with van der Waals surface area (Å²) in [4.78, 5) is 2.32. The van der Waals surface area contributed by atoms with Gasteiger partial charge in [-0.05, 0) is 105 Å². The Hall–Kier alpha value is -6.38. The molecule has 0 bridgehead atoms. The molecule has 48 heavy (non-hydrogen) atoms. The normalized spacial score (nSPS) is 11.3. The summed E-state index contributed by atoms with van der Waals surface area (Å²) in [7, 11) is 0. The van der Waals surface area contributed by atoms with Gasteiger partial charge in [-0.25, -0.2) is 0 Å². The number of fused-ring (bicyclic) bond motifs is 4. The quantitative estimate of drug-likeness (QED) is 0.185. The summed E-state index contributed by atoms with van der Waals surface area (Å²) in [6.45, 7) is 0. The molecule has 0 aliphatic carbocycles. The SMILES string of the molecule is c1ccc(N(c2ccc(-c3cccc(-c4cccc(-c5ccc6ccccc6c5)c4)c3)cc2)c2cccc3oc4ccccc4c23)cc1. The van der Waals surface area contributed by atoms with Crippen LogP contribution in [0.5, 0.6) is 0 Å². The zero-order chi connectivity index (χ0) is 31.9. The van der Waals surface area contributed by atoms with Gasteiger partial charge in [0.05, 0.1) is 11.1 Å². The van der Waals surface area contributed by atoms with Crippen LogP contribution in [0.15, 0.2) is 192 Å². The molecule has 9 rings (SSSR count). The van der Waals surface area contributed by atoms with Crippen molar-refractivity contribution < 1.29 is 4.42 Å². The maximum atomic E-state index is 6.26. The van der Waals surface area contributed by atoms with Gasteiger partial charge in [0.15, 0.2) is 0 Å². The van der Waals surface area contributed by atoms with E-state index in [4.69, 9.17) is 4.42 Å². The van der Waals surface area contributed by atoms with E-state index in [9.17, 15) is 0 Å². The zero-order valence-corrected chi connectivity index (χ0v) is 26.3. The van der Waals surface area contributed by atoms with Gasteiger partial charge < -0.3 is 9.32 Å². The van der Waals surface area contributed by atoms with Gasteiger partial charge in [0.2, 0.25) is 0 Å². The Bertz CT molecular complexity index is 2560. The van der Waals surface area contributed by atoms with Crippen LogP contribution in [-0.2, 0) is 0 Å². The van der Waals surface area contributed by atoms with Gasteiger partial charge in [0.1, 0.15) is 11.2 Å². The van der Waals surface area contributed by atoms with Crippen molar-refractivity contribution in [3.8, 4) is 33.4 Å². The molecule has 1 aromatic heterocycles. The van der Waals surface area contributed by atoms with Crippen molar-refractivity contribution in [1.82, 2.24) is 0 Å². The van der Waals surface area contributed by atoms with Crippen LogP contribution in [0.3, 0.4) is 0 Å². The number of para-hydroxylation sites is 2. The van der Waals surface area contributed by atoms with Crippen molar-refractivity contribution in [3.05, 3.63) is 188 Å². The molecule has 0 spiro atoms. The Morgan fingerprint density at radius 1 is 0.333 bits per heavy atom. The van der Waals surface area contributed by atoms with E-state index < -0.39 is 0 Å². The van der Waals surface area contributed by atoms with E-state index in [0.717, 1.165) is 39.0 Å². The van der Waals surface area contributed by atoms with Gasteiger partial charge in [0.25, 0.3) is 0 Å². The molecule has 0 saturated carbocycles. The lowest BCUT2D eigenvalue weighted by molar-refractivity contribution is 0.669. The first kappa shape index (κ1) is 27.9. The molecule has 9 aromatic rings. The fraction of sp³-hybridized carbons (Fsp3) is 0. The molecule has 226 valence electrons. The standard InChI is InChI=1S/C46H31NO/c1-2-17-40(18-3-1)47(43-20-10-22-45-46(43)42-19-6-7-21-44(42)48-45)41-27-25-33(26-28-41)35-13-8-14-36(29-35)37-15-9-16-38(31-37)39-24-23-32-11-4-5-12-34(32)30-39/h1-31H. The molecule has 1 heterocycles. The average Bonchev–Trinajstić information content (AvgIpc) is 3.55. The van der Waals surface area contributed by atoms with E-state index in [1.54, 1.807) is 0 Å². The van der Waals surface area contributed by atoms with Crippen LogP contribution in [0.1, 0.15) is 0 Å². The lowest BCUT2D eigenvalue weighted by atomic mass is 9.95. The summed E-state index contributed by atoms with van der Waals surface area (Å²) in [6.07, 6.45) is 0. The molecule has 0 amide bonds. The van der Waals surface area contributed by atoms with Crippen LogP contribution in [0.25, 0.3) is 66.1 Å². The van der Waals surface area contributed by atoms with Crippen molar-refractivity contribution >= 4 is 49.8 Å². The summed E-state index contributed by atoms with van der Waals surface area (Å²) in [5.74, 6) is 0. The number of rotatable bonds is 6. The number of nitrogens with zero attached hydrogens (tertiary/aromatic N) is 1.